The molecule has 106 valence electrons. The zero-order valence-corrected chi connectivity index (χ0v) is 10.6. The van der Waals surface area contributed by atoms with E-state index in [4.69, 9.17) is 10.5 Å². The van der Waals surface area contributed by atoms with Crippen molar-refractivity contribution >= 4 is 17.8 Å². The second-order valence-corrected chi connectivity index (χ2v) is 4.16. The first-order chi connectivity index (χ1) is 9.06. The van der Waals surface area contributed by atoms with Crippen LogP contribution in [0.2, 0.25) is 0 Å². The number of anilines is 3. The zero-order chi connectivity index (χ0) is 13.8. The Labute approximate surface area is 109 Å². The number of alkyl halides is 2. The summed E-state index contributed by atoms with van der Waals surface area (Å²) in [6.45, 7) is 1.98. The zero-order valence-electron chi connectivity index (χ0n) is 10.6. The summed E-state index contributed by atoms with van der Waals surface area (Å²) in [5, 5.41) is 0. The Bertz CT molecular complexity index is 426. The van der Waals surface area contributed by atoms with E-state index < -0.39 is 13.0 Å². The normalized spacial score (nSPS) is 15.9. The van der Waals surface area contributed by atoms with Crippen molar-refractivity contribution < 1.29 is 13.5 Å². The number of ether oxygens (including phenoxy) is 1. The molecule has 1 fully saturated rings. The van der Waals surface area contributed by atoms with E-state index in [0.29, 0.717) is 32.3 Å². The summed E-state index contributed by atoms with van der Waals surface area (Å²) >= 11 is 0. The topological polar surface area (TPSA) is 80.4 Å². The van der Waals surface area contributed by atoms with Gasteiger partial charge in [-0.25, -0.2) is 8.78 Å². The molecular formula is C10H16F2N6O. The molecule has 1 aliphatic rings. The van der Waals surface area contributed by atoms with Gasteiger partial charge in [0, 0.05) is 20.1 Å². The number of morpholine rings is 1. The molecule has 0 saturated carbocycles. The molecule has 1 aromatic rings. The molecule has 2 rings (SSSR count). The summed E-state index contributed by atoms with van der Waals surface area (Å²) in [6.07, 6.45) is -2.46. The summed E-state index contributed by atoms with van der Waals surface area (Å²) in [6, 6.07) is 0. The summed E-state index contributed by atoms with van der Waals surface area (Å²) in [4.78, 5) is 15.2. The largest absolute Gasteiger partial charge is 0.378 e. The number of nitrogens with two attached hydrogens (primary N) is 1. The van der Waals surface area contributed by atoms with E-state index in [0.717, 1.165) is 0 Å². The first-order valence-corrected chi connectivity index (χ1v) is 5.90. The fourth-order valence-electron chi connectivity index (χ4n) is 1.73. The van der Waals surface area contributed by atoms with Crippen molar-refractivity contribution in [1.29, 1.82) is 0 Å². The lowest BCUT2D eigenvalue weighted by Crippen LogP contribution is -2.38. The van der Waals surface area contributed by atoms with E-state index in [9.17, 15) is 8.78 Å². The third-order valence-corrected chi connectivity index (χ3v) is 2.68. The van der Waals surface area contributed by atoms with Gasteiger partial charge in [-0.3, -0.25) is 0 Å². The quantitative estimate of drug-likeness (QED) is 0.827. The van der Waals surface area contributed by atoms with Crippen molar-refractivity contribution in [1.82, 2.24) is 15.0 Å². The highest BCUT2D eigenvalue weighted by Gasteiger charge is 2.18. The van der Waals surface area contributed by atoms with E-state index >= 15 is 0 Å². The van der Waals surface area contributed by atoms with Crippen LogP contribution in [0.5, 0.6) is 0 Å². The molecule has 19 heavy (non-hydrogen) atoms. The average Bonchev–Trinajstić information content (AvgIpc) is 2.38. The van der Waals surface area contributed by atoms with Gasteiger partial charge in [0.15, 0.2) is 0 Å². The van der Waals surface area contributed by atoms with E-state index in [2.05, 4.69) is 15.0 Å². The highest BCUT2D eigenvalue weighted by Crippen LogP contribution is 2.16. The van der Waals surface area contributed by atoms with Crippen LogP contribution >= 0.6 is 0 Å². The first-order valence-electron chi connectivity index (χ1n) is 5.90. The molecule has 0 spiro atoms. The van der Waals surface area contributed by atoms with Crippen molar-refractivity contribution in [2.45, 2.75) is 6.43 Å². The number of aromatic nitrogens is 3. The van der Waals surface area contributed by atoms with Crippen LogP contribution in [0.25, 0.3) is 0 Å². The van der Waals surface area contributed by atoms with Crippen molar-refractivity contribution in [3.8, 4) is 0 Å². The lowest BCUT2D eigenvalue weighted by Gasteiger charge is -2.27. The van der Waals surface area contributed by atoms with Gasteiger partial charge in [0.2, 0.25) is 17.8 Å². The molecule has 0 radical (unpaired) electrons. The van der Waals surface area contributed by atoms with Gasteiger partial charge >= 0.3 is 0 Å². The number of nitrogens with zero attached hydrogens (tertiary/aromatic N) is 5. The lowest BCUT2D eigenvalue weighted by atomic mass is 10.4. The van der Waals surface area contributed by atoms with Crippen LogP contribution in [0.3, 0.4) is 0 Å². The van der Waals surface area contributed by atoms with E-state index in [1.807, 2.05) is 4.90 Å². The standard InChI is InChI=1S/C10H16F2N6O/c1-17(6-7(11)12)9-14-8(13)15-10(16-9)18-2-4-19-5-3-18/h7H,2-6H2,1H3,(H2,13,14,15,16). The molecule has 2 N–H and O–H groups in total. The van der Waals surface area contributed by atoms with Crippen molar-refractivity contribution in [3.05, 3.63) is 0 Å². The number of hydrogen-bond donors (Lipinski definition) is 1. The Morgan fingerprint density at radius 2 is 2.00 bits per heavy atom. The molecule has 0 amide bonds. The monoisotopic (exact) mass is 274 g/mol. The number of rotatable bonds is 4. The molecule has 1 aliphatic heterocycles. The Morgan fingerprint density at radius 1 is 1.32 bits per heavy atom. The van der Waals surface area contributed by atoms with Gasteiger partial charge in [-0.1, -0.05) is 0 Å². The summed E-state index contributed by atoms with van der Waals surface area (Å²) < 4.78 is 29.9. The summed E-state index contributed by atoms with van der Waals surface area (Å²) in [5.41, 5.74) is 5.60. The molecule has 0 aliphatic carbocycles. The van der Waals surface area contributed by atoms with Crippen LogP contribution in [0.1, 0.15) is 0 Å². The van der Waals surface area contributed by atoms with E-state index in [1.165, 1.54) is 11.9 Å². The second-order valence-electron chi connectivity index (χ2n) is 4.16. The molecule has 0 bridgehead atoms. The van der Waals surface area contributed by atoms with Gasteiger partial charge in [-0.2, -0.15) is 15.0 Å². The molecule has 7 nitrogen and oxygen atoms in total. The number of halogens is 2. The Balaban J connectivity index is 2.18. The minimum atomic E-state index is -2.46. The maximum Gasteiger partial charge on any atom is 0.255 e. The average molecular weight is 274 g/mol. The Morgan fingerprint density at radius 3 is 2.63 bits per heavy atom. The third-order valence-electron chi connectivity index (χ3n) is 2.68. The molecular weight excluding hydrogens is 258 g/mol. The van der Waals surface area contributed by atoms with Crippen molar-refractivity contribution in [2.24, 2.45) is 0 Å². The molecule has 0 aromatic carbocycles. The van der Waals surface area contributed by atoms with Crippen LogP contribution in [0, 0.1) is 0 Å². The predicted octanol–water partition coefficient (Wildman–Crippen LogP) is -0.00830. The van der Waals surface area contributed by atoms with Crippen LogP contribution in [-0.2, 0) is 4.74 Å². The maximum absolute atomic E-state index is 12.4. The minimum Gasteiger partial charge on any atom is -0.378 e. The van der Waals surface area contributed by atoms with Gasteiger partial charge in [-0.15, -0.1) is 0 Å². The van der Waals surface area contributed by atoms with E-state index in [1.54, 1.807) is 0 Å². The van der Waals surface area contributed by atoms with Crippen LogP contribution in [0.4, 0.5) is 26.6 Å². The SMILES string of the molecule is CN(CC(F)F)c1nc(N)nc(N2CCOCC2)n1. The van der Waals surface area contributed by atoms with Gasteiger partial charge in [0.1, 0.15) is 0 Å². The number of hydrogen-bond acceptors (Lipinski definition) is 7. The third kappa shape index (κ3) is 3.60. The highest BCUT2D eigenvalue weighted by atomic mass is 19.3. The first kappa shape index (κ1) is 13.7. The van der Waals surface area contributed by atoms with Gasteiger partial charge in [-0.05, 0) is 0 Å². The number of nitrogen functional groups attached to an aromatic ring is 1. The van der Waals surface area contributed by atoms with E-state index in [-0.39, 0.29) is 11.9 Å². The fourth-order valence-corrected chi connectivity index (χ4v) is 1.73. The van der Waals surface area contributed by atoms with Gasteiger partial charge in [0.25, 0.3) is 6.43 Å². The molecule has 9 heteroatoms. The summed E-state index contributed by atoms with van der Waals surface area (Å²) in [5.74, 6) is 0.564. The Kier molecular flexibility index (Phi) is 4.25. The smallest absolute Gasteiger partial charge is 0.255 e. The fraction of sp³-hybridized carbons (Fsp3) is 0.700. The molecule has 0 unspecified atom stereocenters. The van der Waals surface area contributed by atoms with Crippen LogP contribution in [-0.4, -0.2) is 61.3 Å². The van der Waals surface area contributed by atoms with Gasteiger partial charge < -0.3 is 20.3 Å². The molecule has 2 heterocycles. The highest BCUT2D eigenvalue weighted by molar-refractivity contribution is 5.43. The molecule has 1 aromatic heterocycles. The molecule has 1 saturated heterocycles. The molecule has 0 atom stereocenters. The minimum absolute atomic E-state index is 0.0209. The van der Waals surface area contributed by atoms with Crippen LogP contribution in [0.15, 0.2) is 0 Å². The Hall–Kier alpha value is -1.77. The maximum atomic E-state index is 12.4. The predicted molar refractivity (Wildman–Crippen MR) is 66.5 cm³/mol. The van der Waals surface area contributed by atoms with Crippen LogP contribution < -0.4 is 15.5 Å². The second kappa shape index (κ2) is 5.91. The van der Waals surface area contributed by atoms with Crippen molar-refractivity contribution in [3.63, 3.8) is 0 Å². The summed E-state index contributed by atoms with van der Waals surface area (Å²) in [7, 11) is 1.49. The van der Waals surface area contributed by atoms with Crippen molar-refractivity contribution in [2.75, 3.05) is 55.4 Å². The lowest BCUT2D eigenvalue weighted by molar-refractivity contribution is 0.122. The van der Waals surface area contributed by atoms with Gasteiger partial charge in [0.05, 0.1) is 19.8 Å².